The SMILES string of the molecule is Cc1cccc(N(CC(=O)N(Cc2ccc(F)cc2)C(C)C(=O)NC2CCCC2)S(=O)(=O)c2ccccc2)c1C. The molecule has 7 nitrogen and oxygen atoms in total. The van der Waals surface area contributed by atoms with Crippen molar-refractivity contribution in [2.45, 2.75) is 70.0 Å². The third kappa shape index (κ3) is 6.70. The van der Waals surface area contributed by atoms with Crippen molar-refractivity contribution in [2.75, 3.05) is 10.8 Å². The summed E-state index contributed by atoms with van der Waals surface area (Å²) in [6, 6.07) is 18.2. The number of hydrogen-bond donors (Lipinski definition) is 1. The second-order valence-corrected chi connectivity index (χ2v) is 12.2. The molecule has 40 heavy (non-hydrogen) atoms. The lowest BCUT2D eigenvalue weighted by Gasteiger charge is -2.33. The summed E-state index contributed by atoms with van der Waals surface area (Å²) in [5.41, 5.74) is 2.62. The van der Waals surface area contributed by atoms with Crippen molar-refractivity contribution < 1.29 is 22.4 Å². The van der Waals surface area contributed by atoms with Crippen LogP contribution in [0.15, 0.2) is 77.7 Å². The van der Waals surface area contributed by atoms with Gasteiger partial charge in [0.1, 0.15) is 18.4 Å². The largest absolute Gasteiger partial charge is 0.352 e. The predicted octanol–water partition coefficient (Wildman–Crippen LogP) is 5.11. The number of hydrogen-bond acceptors (Lipinski definition) is 4. The average Bonchev–Trinajstić information content (AvgIpc) is 3.46. The lowest BCUT2D eigenvalue weighted by atomic mass is 10.1. The van der Waals surface area contributed by atoms with Crippen molar-refractivity contribution in [3.8, 4) is 0 Å². The maximum Gasteiger partial charge on any atom is 0.264 e. The zero-order valence-corrected chi connectivity index (χ0v) is 24.0. The number of carbonyl (C=O) groups is 2. The van der Waals surface area contributed by atoms with Crippen LogP contribution in [0.3, 0.4) is 0 Å². The molecule has 0 spiro atoms. The fourth-order valence-electron chi connectivity index (χ4n) is 5.00. The molecule has 2 amide bonds. The highest BCUT2D eigenvalue weighted by Gasteiger charge is 2.34. The zero-order valence-electron chi connectivity index (χ0n) is 23.1. The summed E-state index contributed by atoms with van der Waals surface area (Å²) in [7, 11) is -4.13. The van der Waals surface area contributed by atoms with Crippen LogP contribution in [0.2, 0.25) is 0 Å². The summed E-state index contributed by atoms with van der Waals surface area (Å²) >= 11 is 0. The quantitative estimate of drug-likeness (QED) is 0.370. The Hall–Kier alpha value is -3.72. The number of halogens is 1. The molecule has 0 aromatic heterocycles. The number of nitrogens with zero attached hydrogens (tertiary/aromatic N) is 2. The first-order chi connectivity index (χ1) is 19.1. The molecule has 1 unspecified atom stereocenters. The molecule has 1 aliphatic carbocycles. The zero-order chi connectivity index (χ0) is 28.9. The number of rotatable bonds is 10. The molecule has 1 fully saturated rings. The lowest BCUT2D eigenvalue weighted by molar-refractivity contribution is -0.139. The standard InChI is InChI=1S/C31H36FN3O4S/c1-22-10-9-15-29(23(22)2)35(40(38,39)28-13-5-4-6-14-28)21-30(36)34(20-25-16-18-26(32)19-17-25)24(3)31(37)33-27-11-7-8-12-27/h4-6,9-10,13-19,24,27H,7-8,11-12,20-21H2,1-3H3,(H,33,37). The molecule has 1 N–H and O–H groups in total. The minimum Gasteiger partial charge on any atom is -0.352 e. The number of aryl methyl sites for hydroxylation is 1. The van der Waals surface area contributed by atoms with Gasteiger partial charge in [0, 0.05) is 12.6 Å². The van der Waals surface area contributed by atoms with Crippen LogP contribution in [-0.4, -0.2) is 43.8 Å². The monoisotopic (exact) mass is 565 g/mol. The summed E-state index contributed by atoms with van der Waals surface area (Å²) in [4.78, 5) is 28.7. The van der Waals surface area contributed by atoms with E-state index in [1.165, 1.54) is 29.2 Å². The Bertz CT molecular complexity index is 1440. The summed E-state index contributed by atoms with van der Waals surface area (Å²) < 4.78 is 42.6. The van der Waals surface area contributed by atoms with E-state index in [9.17, 15) is 22.4 Å². The number of benzene rings is 3. The lowest BCUT2D eigenvalue weighted by Crippen LogP contribution is -2.52. The molecular formula is C31H36FN3O4S. The highest BCUT2D eigenvalue weighted by Crippen LogP contribution is 2.29. The van der Waals surface area contributed by atoms with Gasteiger partial charge in [-0.25, -0.2) is 12.8 Å². The Morgan fingerprint density at radius 3 is 2.25 bits per heavy atom. The van der Waals surface area contributed by atoms with Gasteiger partial charge in [-0.15, -0.1) is 0 Å². The normalized spacial score (nSPS) is 14.5. The number of sulfonamides is 1. The molecule has 4 rings (SSSR count). The van der Waals surface area contributed by atoms with Crippen LogP contribution in [0.4, 0.5) is 10.1 Å². The van der Waals surface area contributed by atoms with Crippen LogP contribution in [-0.2, 0) is 26.2 Å². The van der Waals surface area contributed by atoms with E-state index >= 15 is 0 Å². The third-order valence-corrected chi connectivity index (χ3v) is 9.36. The number of anilines is 1. The molecule has 9 heteroatoms. The molecule has 0 heterocycles. The van der Waals surface area contributed by atoms with Crippen LogP contribution < -0.4 is 9.62 Å². The van der Waals surface area contributed by atoms with E-state index in [2.05, 4.69) is 5.32 Å². The van der Waals surface area contributed by atoms with Crippen LogP contribution in [0.25, 0.3) is 0 Å². The van der Waals surface area contributed by atoms with Crippen LogP contribution >= 0.6 is 0 Å². The van der Waals surface area contributed by atoms with Gasteiger partial charge in [0.05, 0.1) is 10.6 Å². The van der Waals surface area contributed by atoms with E-state index in [1.54, 1.807) is 49.4 Å². The van der Waals surface area contributed by atoms with Gasteiger partial charge in [-0.3, -0.25) is 13.9 Å². The summed E-state index contributed by atoms with van der Waals surface area (Å²) in [6.07, 6.45) is 3.86. The molecule has 0 bridgehead atoms. The van der Waals surface area contributed by atoms with Gasteiger partial charge in [-0.1, -0.05) is 55.3 Å². The van der Waals surface area contributed by atoms with Gasteiger partial charge < -0.3 is 10.2 Å². The van der Waals surface area contributed by atoms with Crippen LogP contribution in [0.5, 0.6) is 0 Å². The van der Waals surface area contributed by atoms with Crippen molar-refractivity contribution in [1.29, 1.82) is 0 Å². The molecule has 3 aromatic rings. The first kappa shape index (κ1) is 29.3. The first-order valence-corrected chi connectivity index (χ1v) is 15.0. The number of amides is 2. The van der Waals surface area contributed by atoms with Crippen LogP contribution in [0, 0.1) is 19.7 Å². The van der Waals surface area contributed by atoms with E-state index < -0.39 is 34.3 Å². The molecule has 0 saturated heterocycles. The van der Waals surface area contributed by atoms with Crippen LogP contribution in [0.1, 0.15) is 49.3 Å². The molecule has 1 saturated carbocycles. The Morgan fingerprint density at radius 2 is 1.60 bits per heavy atom. The molecule has 212 valence electrons. The van der Waals surface area contributed by atoms with Gasteiger partial charge in [-0.05, 0) is 80.6 Å². The highest BCUT2D eigenvalue weighted by atomic mass is 32.2. The summed E-state index contributed by atoms with van der Waals surface area (Å²) in [5, 5.41) is 3.04. The fourth-order valence-corrected chi connectivity index (χ4v) is 6.49. The van der Waals surface area contributed by atoms with Gasteiger partial charge in [0.25, 0.3) is 10.0 Å². The van der Waals surface area contributed by atoms with E-state index in [-0.39, 0.29) is 23.4 Å². The van der Waals surface area contributed by atoms with E-state index in [0.717, 1.165) is 41.1 Å². The minimum atomic E-state index is -4.13. The van der Waals surface area contributed by atoms with Crippen molar-refractivity contribution in [3.05, 3.63) is 95.3 Å². The third-order valence-electron chi connectivity index (χ3n) is 7.59. The van der Waals surface area contributed by atoms with Gasteiger partial charge >= 0.3 is 0 Å². The Morgan fingerprint density at radius 1 is 0.950 bits per heavy atom. The molecule has 0 aliphatic heterocycles. The smallest absolute Gasteiger partial charge is 0.264 e. The van der Waals surface area contributed by atoms with E-state index in [1.807, 2.05) is 19.9 Å². The van der Waals surface area contributed by atoms with E-state index in [0.29, 0.717) is 11.3 Å². The Labute approximate surface area is 236 Å². The molecular weight excluding hydrogens is 529 g/mol. The van der Waals surface area contributed by atoms with Gasteiger partial charge in [-0.2, -0.15) is 0 Å². The molecule has 0 radical (unpaired) electrons. The van der Waals surface area contributed by atoms with Crippen molar-refractivity contribution in [2.24, 2.45) is 0 Å². The predicted molar refractivity (Wildman–Crippen MR) is 154 cm³/mol. The number of nitrogens with one attached hydrogen (secondary N) is 1. The van der Waals surface area contributed by atoms with Crippen molar-refractivity contribution >= 4 is 27.5 Å². The van der Waals surface area contributed by atoms with Gasteiger partial charge in [0.15, 0.2) is 0 Å². The maximum atomic E-state index is 14.0. The Balaban J connectivity index is 1.70. The fraction of sp³-hybridized carbons (Fsp3) is 0.355. The summed E-state index contributed by atoms with van der Waals surface area (Å²) in [5.74, 6) is -1.26. The molecule has 1 aliphatic rings. The molecule has 3 aromatic carbocycles. The highest BCUT2D eigenvalue weighted by molar-refractivity contribution is 7.92. The average molecular weight is 566 g/mol. The topological polar surface area (TPSA) is 86.8 Å². The van der Waals surface area contributed by atoms with E-state index in [4.69, 9.17) is 0 Å². The second kappa shape index (κ2) is 12.6. The first-order valence-electron chi connectivity index (χ1n) is 13.6. The van der Waals surface area contributed by atoms with Crippen molar-refractivity contribution in [3.63, 3.8) is 0 Å². The number of carbonyl (C=O) groups excluding carboxylic acids is 2. The second-order valence-electron chi connectivity index (χ2n) is 10.4. The minimum absolute atomic E-state index is 0.0182. The summed E-state index contributed by atoms with van der Waals surface area (Å²) in [6.45, 7) is 4.84. The Kier molecular flexibility index (Phi) is 9.25. The maximum absolute atomic E-state index is 14.0. The van der Waals surface area contributed by atoms with Crippen molar-refractivity contribution in [1.82, 2.24) is 10.2 Å². The van der Waals surface area contributed by atoms with Gasteiger partial charge in [0.2, 0.25) is 11.8 Å². The molecule has 1 atom stereocenters.